The average molecular weight is 205 g/mol. The monoisotopic (exact) mass is 205 g/mol. The topological polar surface area (TPSA) is 12.9 Å². The smallest absolute Gasteiger partial charge is 0.0434 e. The molecule has 0 radical (unpaired) electrons. The van der Waals surface area contributed by atoms with E-state index >= 15 is 0 Å². The van der Waals surface area contributed by atoms with Gasteiger partial charge in [-0.3, -0.25) is 4.98 Å². The van der Waals surface area contributed by atoms with Crippen LogP contribution in [0, 0.1) is 0 Å². The summed E-state index contributed by atoms with van der Waals surface area (Å²) in [6.07, 6.45) is 9.74. The maximum atomic E-state index is 4.48. The Balaban J connectivity index is 2.55. The van der Waals surface area contributed by atoms with Crippen molar-refractivity contribution in [3.05, 3.63) is 30.1 Å². The highest BCUT2D eigenvalue weighted by atomic mass is 14.7. The molecule has 0 unspecified atom stereocenters. The molecule has 0 bridgehead atoms. The largest absolute Gasteiger partial charge is 0.261 e. The Hall–Kier alpha value is -0.850. The molecule has 0 fully saturated rings. The Morgan fingerprint density at radius 2 is 1.73 bits per heavy atom. The van der Waals surface area contributed by atoms with Gasteiger partial charge in [0.25, 0.3) is 0 Å². The first-order chi connectivity index (χ1) is 7.38. The summed E-state index contributed by atoms with van der Waals surface area (Å²) >= 11 is 0. The fourth-order valence-corrected chi connectivity index (χ4v) is 1.96. The summed E-state index contributed by atoms with van der Waals surface area (Å²) in [5, 5.41) is 0. The van der Waals surface area contributed by atoms with Gasteiger partial charge in [-0.2, -0.15) is 0 Å². The van der Waals surface area contributed by atoms with E-state index in [0.29, 0.717) is 5.92 Å². The highest BCUT2D eigenvalue weighted by molar-refractivity contribution is 5.09. The van der Waals surface area contributed by atoms with Crippen LogP contribution in [0.5, 0.6) is 0 Å². The van der Waals surface area contributed by atoms with Crippen LogP contribution in [0.1, 0.15) is 64.0 Å². The van der Waals surface area contributed by atoms with Crippen LogP contribution < -0.4 is 0 Å². The molecule has 1 aromatic rings. The summed E-state index contributed by atoms with van der Waals surface area (Å²) in [5.74, 6) is 0.686. The van der Waals surface area contributed by atoms with Crippen molar-refractivity contribution in [3.63, 3.8) is 0 Å². The molecule has 0 aliphatic rings. The number of unbranched alkanes of at least 4 members (excludes halogenated alkanes) is 2. The van der Waals surface area contributed by atoms with Gasteiger partial charge in [-0.25, -0.2) is 0 Å². The van der Waals surface area contributed by atoms with Crippen molar-refractivity contribution in [1.82, 2.24) is 4.98 Å². The number of nitrogens with zero attached hydrogens (tertiary/aromatic N) is 1. The molecule has 1 heterocycles. The van der Waals surface area contributed by atoms with Crippen LogP contribution in [-0.2, 0) is 0 Å². The van der Waals surface area contributed by atoms with Gasteiger partial charge < -0.3 is 0 Å². The number of aromatic nitrogens is 1. The number of pyridine rings is 1. The molecular formula is C14H23N. The molecule has 1 nitrogen and oxygen atoms in total. The van der Waals surface area contributed by atoms with E-state index in [-0.39, 0.29) is 0 Å². The number of hydrogen-bond acceptors (Lipinski definition) is 1. The first-order valence-electron chi connectivity index (χ1n) is 6.29. The minimum Gasteiger partial charge on any atom is -0.261 e. The van der Waals surface area contributed by atoms with Crippen LogP contribution in [0.4, 0.5) is 0 Å². The lowest BCUT2D eigenvalue weighted by atomic mass is 9.92. The predicted octanol–water partition coefficient (Wildman–Crippen LogP) is 4.55. The van der Waals surface area contributed by atoms with Crippen molar-refractivity contribution in [3.8, 4) is 0 Å². The van der Waals surface area contributed by atoms with E-state index in [0.717, 1.165) is 0 Å². The summed E-state index contributed by atoms with van der Waals surface area (Å²) in [4.78, 5) is 4.48. The molecule has 0 amide bonds. The zero-order valence-corrected chi connectivity index (χ0v) is 10.1. The molecule has 1 aromatic heterocycles. The van der Waals surface area contributed by atoms with E-state index in [9.17, 15) is 0 Å². The van der Waals surface area contributed by atoms with Crippen LogP contribution in [0.3, 0.4) is 0 Å². The van der Waals surface area contributed by atoms with Gasteiger partial charge in [0.15, 0.2) is 0 Å². The average Bonchev–Trinajstić information content (AvgIpc) is 2.30. The lowest BCUT2D eigenvalue weighted by molar-refractivity contribution is 0.515. The van der Waals surface area contributed by atoms with Crippen molar-refractivity contribution < 1.29 is 0 Å². The minimum absolute atomic E-state index is 0.686. The molecule has 84 valence electrons. The summed E-state index contributed by atoms with van der Waals surface area (Å²) in [7, 11) is 0. The van der Waals surface area contributed by atoms with Crippen molar-refractivity contribution in [2.24, 2.45) is 0 Å². The Labute approximate surface area is 93.9 Å². The van der Waals surface area contributed by atoms with Crippen LogP contribution in [0.2, 0.25) is 0 Å². The molecule has 1 rings (SSSR count). The van der Waals surface area contributed by atoms with Gasteiger partial charge in [-0.05, 0) is 25.0 Å². The lowest BCUT2D eigenvalue weighted by Gasteiger charge is -2.15. The Kier molecular flexibility index (Phi) is 6.06. The predicted molar refractivity (Wildman–Crippen MR) is 66.0 cm³/mol. The molecule has 15 heavy (non-hydrogen) atoms. The SMILES string of the molecule is CCCCC(CCCC)c1ccccn1. The molecular weight excluding hydrogens is 182 g/mol. The van der Waals surface area contributed by atoms with Crippen molar-refractivity contribution in [2.75, 3.05) is 0 Å². The molecule has 0 aliphatic carbocycles. The first-order valence-corrected chi connectivity index (χ1v) is 6.29. The van der Waals surface area contributed by atoms with Gasteiger partial charge in [0, 0.05) is 17.8 Å². The van der Waals surface area contributed by atoms with Crippen LogP contribution in [-0.4, -0.2) is 4.98 Å². The second-order valence-corrected chi connectivity index (χ2v) is 4.24. The molecule has 0 atom stereocenters. The highest BCUT2D eigenvalue weighted by Gasteiger charge is 2.10. The molecule has 0 saturated carbocycles. The third-order valence-electron chi connectivity index (χ3n) is 2.92. The van der Waals surface area contributed by atoms with E-state index in [2.05, 4.69) is 31.0 Å². The molecule has 0 N–H and O–H groups in total. The van der Waals surface area contributed by atoms with Crippen molar-refractivity contribution >= 4 is 0 Å². The van der Waals surface area contributed by atoms with Gasteiger partial charge in [0.2, 0.25) is 0 Å². The number of hydrogen-bond donors (Lipinski definition) is 0. The zero-order valence-electron chi connectivity index (χ0n) is 10.1. The third-order valence-corrected chi connectivity index (χ3v) is 2.92. The molecule has 0 aliphatic heterocycles. The lowest BCUT2D eigenvalue weighted by Crippen LogP contribution is -2.01. The fraction of sp³-hybridized carbons (Fsp3) is 0.643. The quantitative estimate of drug-likeness (QED) is 0.636. The van der Waals surface area contributed by atoms with Gasteiger partial charge in [0.1, 0.15) is 0 Å². The van der Waals surface area contributed by atoms with Gasteiger partial charge in [0.05, 0.1) is 0 Å². The Bertz CT molecular complexity index is 235. The summed E-state index contributed by atoms with van der Waals surface area (Å²) in [6.45, 7) is 4.52. The summed E-state index contributed by atoms with van der Waals surface area (Å²) < 4.78 is 0. The molecule has 0 spiro atoms. The first kappa shape index (κ1) is 12.2. The van der Waals surface area contributed by atoms with E-state index in [4.69, 9.17) is 0 Å². The molecule has 1 heteroatoms. The summed E-state index contributed by atoms with van der Waals surface area (Å²) in [6, 6.07) is 6.28. The summed E-state index contributed by atoms with van der Waals surface area (Å²) in [5.41, 5.74) is 1.29. The Morgan fingerprint density at radius 1 is 1.07 bits per heavy atom. The van der Waals surface area contributed by atoms with Gasteiger partial charge in [-0.1, -0.05) is 45.6 Å². The van der Waals surface area contributed by atoms with Gasteiger partial charge in [-0.15, -0.1) is 0 Å². The normalized spacial score (nSPS) is 10.9. The van der Waals surface area contributed by atoms with E-state index in [1.165, 1.54) is 44.2 Å². The van der Waals surface area contributed by atoms with E-state index in [1.807, 2.05) is 12.3 Å². The second-order valence-electron chi connectivity index (χ2n) is 4.24. The van der Waals surface area contributed by atoms with Gasteiger partial charge >= 0.3 is 0 Å². The van der Waals surface area contributed by atoms with Crippen LogP contribution >= 0.6 is 0 Å². The molecule has 0 aromatic carbocycles. The third kappa shape index (κ3) is 4.46. The second kappa shape index (κ2) is 7.44. The van der Waals surface area contributed by atoms with Crippen LogP contribution in [0.15, 0.2) is 24.4 Å². The number of rotatable bonds is 7. The highest BCUT2D eigenvalue weighted by Crippen LogP contribution is 2.25. The van der Waals surface area contributed by atoms with Crippen molar-refractivity contribution in [2.45, 2.75) is 58.3 Å². The van der Waals surface area contributed by atoms with Crippen molar-refractivity contribution in [1.29, 1.82) is 0 Å². The Morgan fingerprint density at radius 3 is 2.20 bits per heavy atom. The maximum Gasteiger partial charge on any atom is 0.0434 e. The van der Waals surface area contributed by atoms with Crippen LogP contribution in [0.25, 0.3) is 0 Å². The zero-order chi connectivity index (χ0) is 10.9. The maximum absolute atomic E-state index is 4.48. The fourth-order valence-electron chi connectivity index (χ4n) is 1.96. The standard InChI is InChI=1S/C14H23N/c1-3-5-9-13(10-6-4-2)14-11-7-8-12-15-14/h7-8,11-13H,3-6,9-10H2,1-2H3. The minimum atomic E-state index is 0.686. The van der Waals surface area contributed by atoms with E-state index < -0.39 is 0 Å². The van der Waals surface area contributed by atoms with E-state index in [1.54, 1.807) is 0 Å². The molecule has 0 saturated heterocycles.